The number of hydrogen-bond acceptors (Lipinski definition) is 4. The van der Waals surface area contributed by atoms with E-state index in [9.17, 15) is 9.59 Å². The van der Waals surface area contributed by atoms with Crippen molar-refractivity contribution in [2.75, 3.05) is 19.6 Å². The quantitative estimate of drug-likeness (QED) is 0.837. The predicted octanol–water partition coefficient (Wildman–Crippen LogP) is 1.74. The third-order valence-corrected chi connectivity index (χ3v) is 5.71. The van der Waals surface area contributed by atoms with Gasteiger partial charge in [0.2, 0.25) is 11.8 Å². The minimum atomic E-state index is -0.396. The predicted molar refractivity (Wildman–Crippen MR) is 110 cm³/mol. The lowest BCUT2D eigenvalue weighted by Gasteiger charge is -2.45. The number of rotatable bonds is 5. The molecule has 0 radical (unpaired) electrons. The van der Waals surface area contributed by atoms with E-state index in [0.717, 1.165) is 17.8 Å². The third kappa shape index (κ3) is 4.19. The molecule has 0 spiro atoms. The number of hydrogen-bond donors (Lipinski definition) is 1. The van der Waals surface area contributed by atoms with Gasteiger partial charge in [0.05, 0.1) is 11.9 Å². The lowest BCUT2D eigenvalue weighted by Crippen LogP contribution is -2.69. The highest BCUT2D eigenvalue weighted by Gasteiger charge is 2.43. The average molecular weight is 396 g/mol. The van der Waals surface area contributed by atoms with E-state index in [0.29, 0.717) is 32.0 Å². The maximum atomic E-state index is 12.8. The number of aromatic nitrogens is 2. The number of aryl methyl sites for hydroxylation is 1. The number of benzene rings is 1. The Bertz CT molecular complexity index is 889. The van der Waals surface area contributed by atoms with Crippen LogP contribution in [0.4, 0.5) is 0 Å². The molecule has 2 aliphatic rings. The summed E-state index contributed by atoms with van der Waals surface area (Å²) in [6, 6.07) is 7.47. The maximum absolute atomic E-state index is 12.8. The van der Waals surface area contributed by atoms with Crippen molar-refractivity contribution >= 4 is 11.8 Å². The fourth-order valence-corrected chi connectivity index (χ4v) is 4.17. The maximum Gasteiger partial charge on any atom is 0.245 e. The summed E-state index contributed by atoms with van der Waals surface area (Å²) in [4.78, 5) is 29.4. The number of carbonyl (C=O) groups excluding carboxylic acids is 2. The molecule has 154 valence electrons. The second kappa shape index (κ2) is 7.99. The first-order valence-corrected chi connectivity index (χ1v) is 10.3. The summed E-state index contributed by atoms with van der Waals surface area (Å²) in [5.74, 6) is 0.401. The first kappa shape index (κ1) is 19.6. The summed E-state index contributed by atoms with van der Waals surface area (Å²) < 4.78 is 1.87. The first-order valence-electron chi connectivity index (χ1n) is 10.3. The number of carbonyl (C=O) groups is 2. The molecule has 0 bridgehead atoms. The second-order valence-electron chi connectivity index (χ2n) is 8.60. The highest BCUT2D eigenvalue weighted by atomic mass is 16.2. The SMILES string of the molecule is Cc1ccc(-n2cc(CN3CCN4C(=O)[C@@H](CC(C)C)NC(=O)[C@H]4C3)cn2)cc1. The van der Waals surface area contributed by atoms with Crippen LogP contribution in [0, 0.1) is 12.8 Å². The fourth-order valence-electron chi connectivity index (χ4n) is 4.17. The molecule has 7 heteroatoms. The molecule has 2 aromatic rings. The Kier molecular flexibility index (Phi) is 5.41. The summed E-state index contributed by atoms with van der Waals surface area (Å²) in [6.07, 6.45) is 4.59. The van der Waals surface area contributed by atoms with Crippen LogP contribution >= 0.6 is 0 Å². The van der Waals surface area contributed by atoms with Gasteiger partial charge >= 0.3 is 0 Å². The number of amides is 2. The van der Waals surface area contributed by atoms with Gasteiger partial charge in [-0.05, 0) is 31.4 Å². The molecular formula is C22H29N5O2. The molecule has 3 heterocycles. The monoisotopic (exact) mass is 395 g/mol. The van der Waals surface area contributed by atoms with Gasteiger partial charge in [-0.1, -0.05) is 31.5 Å². The highest BCUT2D eigenvalue weighted by Crippen LogP contribution is 2.21. The van der Waals surface area contributed by atoms with Gasteiger partial charge in [-0.2, -0.15) is 5.10 Å². The van der Waals surface area contributed by atoms with E-state index >= 15 is 0 Å². The lowest BCUT2D eigenvalue weighted by molar-refractivity contribution is -0.153. The molecule has 1 N–H and O–H groups in total. The van der Waals surface area contributed by atoms with Crippen LogP contribution in [0.15, 0.2) is 36.7 Å². The molecule has 2 aliphatic heterocycles. The Hall–Kier alpha value is -2.67. The molecule has 0 unspecified atom stereocenters. The molecule has 4 rings (SSSR count). The van der Waals surface area contributed by atoms with E-state index in [1.165, 1.54) is 5.56 Å². The Morgan fingerprint density at radius 1 is 1.17 bits per heavy atom. The van der Waals surface area contributed by atoms with Gasteiger partial charge in [0.15, 0.2) is 0 Å². The number of nitrogens with zero attached hydrogens (tertiary/aromatic N) is 4. The number of piperazine rings is 2. The van der Waals surface area contributed by atoms with Gasteiger partial charge in [0.25, 0.3) is 0 Å². The van der Waals surface area contributed by atoms with E-state index in [-0.39, 0.29) is 17.9 Å². The normalized spacial score (nSPS) is 22.7. The van der Waals surface area contributed by atoms with Crippen LogP contribution < -0.4 is 5.32 Å². The molecular weight excluding hydrogens is 366 g/mol. The third-order valence-electron chi connectivity index (χ3n) is 5.71. The summed E-state index contributed by atoms with van der Waals surface area (Å²) in [5, 5.41) is 7.41. The Balaban J connectivity index is 1.40. The van der Waals surface area contributed by atoms with Crippen molar-refractivity contribution in [3.05, 3.63) is 47.8 Å². The van der Waals surface area contributed by atoms with Crippen molar-refractivity contribution in [2.24, 2.45) is 5.92 Å². The van der Waals surface area contributed by atoms with E-state index in [2.05, 4.69) is 60.4 Å². The first-order chi connectivity index (χ1) is 13.9. The average Bonchev–Trinajstić information content (AvgIpc) is 3.14. The van der Waals surface area contributed by atoms with Gasteiger partial charge < -0.3 is 10.2 Å². The second-order valence-corrected chi connectivity index (χ2v) is 8.60. The van der Waals surface area contributed by atoms with E-state index < -0.39 is 6.04 Å². The van der Waals surface area contributed by atoms with Crippen LogP contribution in [0.5, 0.6) is 0 Å². The van der Waals surface area contributed by atoms with Crippen LogP contribution in [-0.4, -0.2) is 63.1 Å². The molecule has 2 atom stereocenters. The summed E-state index contributed by atoms with van der Waals surface area (Å²) >= 11 is 0. The molecule has 2 fully saturated rings. The van der Waals surface area contributed by atoms with Crippen molar-refractivity contribution in [3.8, 4) is 5.69 Å². The van der Waals surface area contributed by atoms with Crippen molar-refractivity contribution in [3.63, 3.8) is 0 Å². The summed E-state index contributed by atoms with van der Waals surface area (Å²) in [5.41, 5.74) is 3.34. The minimum absolute atomic E-state index is 0.0321. The zero-order valence-electron chi connectivity index (χ0n) is 17.3. The number of nitrogens with one attached hydrogen (secondary N) is 1. The van der Waals surface area contributed by atoms with Crippen molar-refractivity contribution < 1.29 is 9.59 Å². The van der Waals surface area contributed by atoms with Crippen molar-refractivity contribution in [1.82, 2.24) is 24.9 Å². The Labute approximate surface area is 171 Å². The zero-order valence-corrected chi connectivity index (χ0v) is 17.3. The fraction of sp³-hybridized carbons (Fsp3) is 0.500. The molecule has 0 aliphatic carbocycles. The van der Waals surface area contributed by atoms with Crippen LogP contribution in [0.3, 0.4) is 0 Å². The van der Waals surface area contributed by atoms with Crippen LogP contribution in [0.1, 0.15) is 31.4 Å². The molecule has 1 aromatic heterocycles. The van der Waals surface area contributed by atoms with Gasteiger partial charge in [0.1, 0.15) is 12.1 Å². The number of fused-ring (bicyclic) bond motifs is 1. The Morgan fingerprint density at radius 3 is 2.66 bits per heavy atom. The molecule has 7 nitrogen and oxygen atoms in total. The highest BCUT2D eigenvalue weighted by molar-refractivity contribution is 5.97. The summed E-state index contributed by atoms with van der Waals surface area (Å²) in [7, 11) is 0. The van der Waals surface area contributed by atoms with E-state index in [1.54, 1.807) is 4.90 Å². The molecule has 1 aromatic carbocycles. The largest absolute Gasteiger partial charge is 0.342 e. The topological polar surface area (TPSA) is 70.5 Å². The van der Waals surface area contributed by atoms with Crippen LogP contribution in [0.2, 0.25) is 0 Å². The lowest BCUT2D eigenvalue weighted by atomic mass is 9.97. The van der Waals surface area contributed by atoms with Crippen molar-refractivity contribution in [2.45, 2.75) is 45.8 Å². The van der Waals surface area contributed by atoms with Gasteiger partial charge in [0, 0.05) is 37.9 Å². The van der Waals surface area contributed by atoms with E-state index in [1.807, 2.05) is 17.1 Å². The standard InChI is InChI=1S/C22H29N5O2/c1-15(2)10-19-22(29)26-9-8-25(14-20(26)21(28)24-19)12-17-11-23-27(13-17)18-6-4-16(3)5-7-18/h4-7,11,13,15,19-20H,8-10,12,14H2,1-3H3,(H,24,28)/t19-,20-/m1/s1. The molecule has 2 amide bonds. The summed E-state index contributed by atoms with van der Waals surface area (Å²) in [6.45, 7) is 8.83. The van der Waals surface area contributed by atoms with Gasteiger partial charge in [-0.3, -0.25) is 14.5 Å². The van der Waals surface area contributed by atoms with Gasteiger partial charge in [-0.15, -0.1) is 0 Å². The van der Waals surface area contributed by atoms with E-state index in [4.69, 9.17) is 0 Å². The van der Waals surface area contributed by atoms with Crippen molar-refractivity contribution in [1.29, 1.82) is 0 Å². The van der Waals surface area contributed by atoms with Crippen LogP contribution in [-0.2, 0) is 16.1 Å². The minimum Gasteiger partial charge on any atom is -0.342 e. The van der Waals surface area contributed by atoms with Crippen LogP contribution in [0.25, 0.3) is 5.69 Å². The zero-order chi connectivity index (χ0) is 20.5. The Morgan fingerprint density at radius 2 is 1.93 bits per heavy atom. The smallest absolute Gasteiger partial charge is 0.245 e. The van der Waals surface area contributed by atoms with Gasteiger partial charge in [-0.25, -0.2) is 4.68 Å². The molecule has 2 saturated heterocycles. The molecule has 0 saturated carbocycles. The molecule has 29 heavy (non-hydrogen) atoms.